The van der Waals surface area contributed by atoms with Gasteiger partial charge in [-0.1, -0.05) is 48.5 Å². The third-order valence-electron chi connectivity index (χ3n) is 5.13. The van der Waals surface area contributed by atoms with Crippen LogP contribution in [-0.4, -0.2) is 8.42 Å². The van der Waals surface area contributed by atoms with Crippen molar-refractivity contribution in [3.63, 3.8) is 0 Å². The highest BCUT2D eigenvalue weighted by Gasteiger charge is 2.38. The Morgan fingerprint density at radius 1 is 0.618 bits per heavy atom. The standard InChI is InChI=1S/C26H21F3O3S2/c1-20-9-8-14-25(19-20)33(22-10-4-2-5-11-22,23-12-6-3-7-13-23)32-34(30,31)24-17-15-21(16-18-24)26(27,28)29/h2-19H,1H3. The molecule has 0 unspecified atom stereocenters. The number of halogens is 3. The first kappa shape index (κ1) is 24.1. The summed E-state index contributed by atoms with van der Waals surface area (Å²) >= 11 is 0. The second kappa shape index (κ2) is 9.29. The van der Waals surface area contributed by atoms with E-state index < -0.39 is 32.2 Å². The van der Waals surface area contributed by atoms with E-state index in [1.54, 1.807) is 48.5 Å². The predicted octanol–water partition coefficient (Wildman–Crippen LogP) is 7.62. The second-order valence-electron chi connectivity index (χ2n) is 7.54. The summed E-state index contributed by atoms with van der Waals surface area (Å²) in [7, 11) is -7.28. The van der Waals surface area contributed by atoms with E-state index in [2.05, 4.69) is 0 Å². The molecule has 0 bridgehead atoms. The quantitative estimate of drug-likeness (QED) is 0.272. The molecule has 0 aliphatic heterocycles. The molecule has 0 spiro atoms. The maximum absolute atomic E-state index is 13.5. The van der Waals surface area contributed by atoms with Crippen molar-refractivity contribution in [3.8, 4) is 0 Å². The molecule has 0 saturated carbocycles. The molecule has 8 heteroatoms. The molecule has 0 amide bonds. The molecular formula is C26H21F3O3S2. The van der Waals surface area contributed by atoms with Crippen molar-refractivity contribution in [2.75, 3.05) is 0 Å². The van der Waals surface area contributed by atoms with E-state index in [4.69, 9.17) is 3.63 Å². The number of benzene rings is 4. The van der Waals surface area contributed by atoms with Crippen molar-refractivity contribution in [1.29, 1.82) is 0 Å². The molecule has 176 valence electrons. The van der Waals surface area contributed by atoms with Crippen LogP contribution in [-0.2, 0) is 19.9 Å². The van der Waals surface area contributed by atoms with E-state index >= 15 is 0 Å². The van der Waals surface area contributed by atoms with E-state index in [9.17, 15) is 21.6 Å². The monoisotopic (exact) mass is 502 g/mol. The fourth-order valence-electron chi connectivity index (χ4n) is 3.53. The van der Waals surface area contributed by atoms with Gasteiger partial charge in [0.15, 0.2) is 0 Å². The minimum atomic E-state index is -4.58. The summed E-state index contributed by atoms with van der Waals surface area (Å²) in [6.45, 7) is 1.90. The van der Waals surface area contributed by atoms with Gasteiger partial charge in [0.05, 0.1) is 10.5 Å². The summed E-state index contributed by atoms with van der Waals surface area (Å²) in [5.74, 6) is 0. The van der Waals surface area contributed by atoms with E-state index in [0.29, 0.717) is 14.7 Å². The highest BCUT2D eigenvalue weighted by Crippen LogP contribution is 2.70. The number of aryl methyl sites for hydroxylation is 1. The topological polar surface area (TPSA) is 43.4 Å². The molecule has 0 fully saturated rings. The molecule has 0 radical (unpaired) electrons. The summed E-state index contributed by atoms with van der Waals surface area (Å²) in [6.07, 6.45) is -4.58. The molecule has 0 aliphatic rings. The average molecular weight is 503 g/mol. The zero-order valence-electron chi connectivity index (χ0n) is 18.1. The van der Waals surface area contributed by atoms with Gasteiger partial charge in [0.1, 0.15) is 0 Å². The van der Waals surface area contributed by atoms with Crippen LogP contribution in [0.2, 0.25) is 0 Å². The summed E-state index contributed by atoms with van der Waals surface area (Å²) in [4.78, 5) is 1.59. The van der Waals surface area contributed by atoms with Crippen LogP contribution >= 0.6 is 10.3 Å². The summed E-state index contributed by atoms with van der Waals surface area (Å²) < 4.78 is 72.2. The lowest BCUT2D eigenvalue weighted by Gasteiger charge is -2.39. The van der Waals surface area contributed by atoms with Gasteiger partial charge in [-0.3, -0.25) is 0 Å². The van der Waals surface area contributed by atoms with Gasteiger partial charge in [0, 0.05) is 14.7 Å². The molecular weight excluding hydrogens is 481 g/mol. The molecule has 0 heterocycles. The molecule has 4 aromatic carbocycles. The lowest BCUT2D eigenvalue weighted by Crippen LogP contribution is -2.15. The molecule has 34 heavy (non-hydrogen) atoms. The van der Waals surface area contributed by atoms with E-state index in [-0.39, 0.29) is 4.90 Å². The minimum absolute atomic E-state index is 0.350. The Labute approximate surface area is 198 Å². The van der Waals surface area contributed by atoms with Crippen molar-refractivity contribution in [1.82, 2.24) is 0 Å². The fourth-order valence-corrected chi connectivity index (χ4v) is 8.85. The molecule has 0 aromatic heterocycles. The second-order valence-corrected chi connectivity index (χ2v) is 12.0. The molecule has 0 atom stereocenters. The molecule has 4 rings (SSSR count). The van der Waals surface area contributed by atoms with Gasteiger partial charge < -0.3 is 0 Å². The lowest BCUT2D eigenvalue weighted by molar-refractivity contribution is -0.137. The first-order valence-electron chi connectivity index (χ1n) is 10.3. The van der Waals surface area contributed by atoms with Crippen molar-refractivity contribution in [2.24, 2.45) is 0 Å². The zero-order valence-corrected chi connectivity index (χ0v) is 19.7. The number of alkyl halides is 3. The average Bonchev–Trinajstić information content (AvgIpc) is 2.83. The Bertz CT molecular complexity index is 1330. The van der Waals surface area contributed by atoms with Crippen LogP contribution in [0.3, 0.4) is 0 Å². The minimum Gasteiger partial charge on any atom is -0.203 e. The highest BCUT2D eigenvalue weighted by molar-refractivity contribution is 8.33. The molecule has 0 saturated heterocycles. The van der Waals surface area contributed by atoms with E-state index in [0.717, 1.165) is 29.8 Å². The van der Waals surface area contributed by atoms with Crippen molar-refractivity contribution < 1.29 is 25.2 Å². The van der Waals surface area contributed by atoms with Gasteiger partial charge in [-0.25, -0.2) is 3.63 Å². The van der Waals surface area contributed by atoms with Gasteiger partial charge in [0.2, 0.25) is 0 Å². The Morgan fingerprint density at radius 3 is 1.59 bits per heavy atom. The van der Waals surface area contributed by atoms with Crippen molar-refractivity contribution in [2.45, 2.75) is 32.7 Å². The molecule has 0 aliphatic carbocycles. The third kappa shape index (κ3) is 4.75. The SMILES string of the molecule is Cc1cccc(S(OS(=O)(=O)c2ccc(C(F)(F)F)cc2)(c2ccccc2)c2ccccc2)c1. The van der Waals surface area contributed by atoms with Crippen LogP contribution in [0.25, 0.3) is 0 Å². The maximum Gasteiger partial charge on any atom is 0.416 e. The predicted molar refractivity (Wildman–Crippen MR) is 126 cm³/mol. The lowest BCUT2D eigenvalue weighted by atomic mass is 10.2. The van der Waals surface area contributed by atoms with Crippen LogP contribution in [0.1, 0.15) is 11.1 Å². The van der Waals surface area contributed by atoms with Crippen LogP contribution in [0.5, 0.6) is 0 Å². The molecule has 0 N–H and O–H groups in total. The summed E-state index contributed by atoms with van der Waals surface area (Å²) in [6, 6.07) is 28.8. The van der Waals surface area contributed by atoms with Gasteiger partial charge in [0.25, 0.3) is 0 Å². The van der Waals surface area contributed by atoms with Gasteiger partial charge >= 0.3 is 16.3 Å². The molecule has 4 aromatic rings. The van der Waals surface area contributed by atoms with Gasteiger partial charge in [-0.2, -0.15) is 21.6 Å². The first-order valence-corrected chi connectivity index (χ1v) is 13.2. The third-order valence-corrected chi connectivity index (χ3v) is 10.3. The number of hydrogen-bond acceptors (Lipinski definition) is 3. The van der Waals surface area contributed by atoms with E-state index in [1.807, 2.05) is 43.3 Å². The van der Waals surface area contributed by atoms with Crippen molar-refractivity contribution >= 4 is 20.4 Å². The highest BCUT2D eigenvalue weighted by atomic mass is 32.3. The zero-order chi connectivity index (χ0) is 24.4. The molecule has 3 nitrogen and oxygen atoms in total. The largest absolute Gasteiger partial charge is 0.416 e. The van der Waals surface area contributed by atoms with E-state index in [1.165, 1.54) is 0 Å². The number of hydrogen-bond donors (Lipinski definition) is 0. The van der Waals surface area contributed by atoms with Crippen LogP contribution in [0, 0.1) is 6.92 Å². The van der Waals surface area contributed by atoms with Crippen LogP contribution in [0.15, 0.2) is 129 Å². The van der Waals surface area contributed by atoms with Crippen molar-refractivity contribution in [3.05, 3.63) is 120 Å². The normalized spacial score (nSPS) is 12.9. The summed E-state index contributed by atoms with van der Waals surface area (Å²) in [5.41, 5.74) is -0.0216. The summed E-state index contributed by atoms with van der Waals surface area (Å²) in [5, 5.41) is 0. The van der Waals surface area contributed by atoms with Gasteiger partial charge in [-0.15, -0.1) is 0 Å². The first-order chi connectivity index (χ1) is 16.1. The Morgan fingerprint density at radius 2 is 1.12 bits per heavy atom. The fraction of sp³-hybridized carbons (Fsp3) is 0.0769. The number of rotatable bonds is 6. The van der Waals surface area contributed by atoms with Gasteiger partial charge in [-0.05, 0) is 83.5 Å². The maximum atomic E-state index is 13.5. The smallest absolute Gasteiger partial charge is 0.203 e. The Kier molecular flexibility index (Phi) is 6.58. The Hall–Kier alpha value is -3.07. The Balaban J connectivity index is 1.95. The van der Waals surface area contributed by atoms with Crippen LogP contribution in [0.4, 0.5) is 13.2 Å². The van der Waals surface area contributed by atoms with Crippen LogP contribution < -0.4 is 0 Å².